The van der Waals surface area contributed by atoms with E-state index >= 15 is 0 Å². The lowest BCUT2D eigenvalue weighted by Gasteiger charge is -2.16. The van der Waals surface area contributed by atoms with Crippen LogP contribution in [0.4, 0.5) is 0 Å². The van der Waals surface area contributed by atoms with Gasteiger partial charge >= 0.3 is 0 Å². The number of nitrogens with one attached hydrogen (secondary N) is 1. The van der Waals surface area contributed by atoms with Gasteiger partial charge in [-0.25, -0.2) is 0 Å². The second-order valence-corrected chi connectivity index (χ2v) is 2.55. The Balaban J connectivity index is 2.57. The standard InChI is InChI=1S/C6H13NO4/c1-7-4-3(2-8)11-6(10)5(4)9/h3-10H,2H2,1H3/t3-,4-,5+,6-/m0/s1. The lowest BCUT2D eigenvalue weighted by molar-refractivity contribution is -0.132. The Bertz CT molecular complexity index is 132. The number of hydrogen-bond donors (Lipinski definition) is 4. The Kier molecular flexibility index (Phi) is 2.80. The molecule has 5 nitrogen and oxygen atoms in total. The second kappa shape index (κ2) is 3.46. The predicted molar refractivity (Wildman–Crippen MR) is 36.8 cm³/mol. The molecule has 0 spiro atoms. The third-order valence-electron chi connectivity index (χ3n) is 1.89. The largest absolute Gasteiger partial charge is 0.394 e. The zero-order valence-corrected chi connectivity index (χ0v) is 6.27. The van der Waals surface area contributed by atoms with Gasteiger partial charge in [0.05, 0.1) is 12.6 Å². The molecule has 1 aliphatic rings. The van der Waals surface area contributed by atoms with E-state index in [0.29, 0.717) is 0 Å². The SMILES string of the molecule is CN[C@@H]1[C@@H](O)[C@@H](O)O[C@H]1CO. The minimum Gasteiger partial charge on any atom is -0.394 e. The van der Waals surface area contributed by atoms with Gasteiger partial charge < -0.3 is 25.4 Å². The summed E-state index contributed by atoms with van der Waals surface area (Å²) in [6.45, 7) is -0.209. The topological polar surface area (TPSA) is 82.0 Å². The average molecular weight is 163 g/mol. The Morgan fingerprint density at radius 1 is 1.45 bits per heavy atom. The van der Waals surface area contributed by atoms with Crippen LogP contribution < -0.4 is 5.32 Å². The van der Waals surface area contributed by atoms with Gasteiger partial charge in [0, 0.05) is 0 Å². The highest BCUT2D eigenvalue weighted by molar-refractivity contribution is 4.90. The highest BCUT2D eigenvalue weighted by Gasteiger charge is 2.41. The van der Waals surface area contributed by atoms with E-state index < -0.39 is 24.5 Å². The molecule has 66 valence electrons. The van der Waals surface area contributed by atoms with Gasteiger partial charge in [0.2, 0.25) is 0 Å². The first-order valence-corrected chi connectivity index (χ1v) is 3.50. The van der Waals surface area contributed by atoms with Crippen LogP contribution in [0.25, 0.3) is 0 Å². The van der Waals surface area contributed by atoms with Gasteiger partial charge in [-0.05, 0) is 7.05 Å². The Labute approximate surface area is 64.6 Å². The van der Waals surface area contributed by atoms with Crippen LogP contribution in [0.1, 0.15) is 0 Å². The molecule has 0 bridgehead atoms. The van der Waals surface area contributed by atoms with Crippen LogP contribution >= 0.6 is 0 Å². The molecule has 1 aliphatic heterocycles. The zero-order valence-electron chi connectivity index (χ0n) is 6.27. The molecular weight excluding hydrogens is 150 g/mol. The van der Waals surface area contributed by atoms with Gasteiger partial charge in [-0.3, -0.25) is 0 Å². The first-order chi connectivity index (χ1) is 5.20. The molecule has 1 heterocycles. The number of ether oxygens (including phenoxy) is 1. The predicted octanol–water partition coefficient (Wildman–Crippen LogP) is -2.36. The molecule has 0 aromatic rings. The van der Waals surface area contributed by atoms with Gasteiger partial charge in [-0.15, -0.1) is 0 Å². The molecule has 0 amide bonds. The monoisotopic (exact) mass is 163 g/mol. The molecule has 1 fully saturated rings. The molecule has 4 atom stereocenters. The molecule has 0 radical (unpaired) electrons. The van der Waals surface area contributed by atoms with Crippen molar-refractivity contribution in [1.29, 1.82) is 0 Å². The van der Waals surface area contributed by atoms with E-state index in [1.54, 1.807) is 7.05 Å². The Morgan fingerprint density at radius 2 is 2.09 bits per heavy atom. The normalized spacial score (nSPS) is 44.7. The number of hydrogen-bond acceptors (Lipinski definition) is 5. The zero-order chi connectivity index (χ0) is 8.43. The smallest absolute Gasteiger partial charge is 0.182 e. The maximum atomic E-state index is 9.21. The van der Waals surface area contributed by atoms with Crippen molar-refractivity contribution in [2.75, 3.05) is 13.7 Å². The van der Waals surface area contributed by atoms with E-state index in [4.69, 9.17) is 14.9 Å². The summed E-state index contributed by atoms with van der Waals surface area (Å²) in [6, 6.07) is -0.394. The molecule has 0 unspecified atom stereocenters. The van der Waals surface area contributed by atoms with Crippen molar-refractivity contribution in [3.8, 4) is 0 Å². The van der Waals surface area contributed by atoms with Gasteiger partial charge in [-0.2, -0.15) is 0 Å². The molecule has 0 saturated carbocycles. The van der Waals surface area contributed by atoms with Crippen LogP contribution in [0.2, 0.25) is 0 Å². The van der Waals surface area contributed by atoms with Gasteiger partial charge in [0.25, 0.3) is 0 Å². The molecule has 1 saturated heterocycles. The number of aliphatic hydroxyl groups is 3. The molecule has 11 heavy (non-hydrogen) atoms. The summed E-state index contributed by atoms with van der Waals surface area (Å²) >= 11 is 0. The Hall–Kier alpha value is -0.200. The summed E-state index contributed by atoms with van der Waals surface area (Å²) < 4.78 is 4.82. The summed E-state index contributed by atoms with van der Waals surface area (Å²) in [4.78, 5) is 0. The first kappa shape index (κ1) is 8.89. The molecular formula is C6H13NO4. The summed E-state index contributed by atoms with van der Waals surface area (Å²) in [5.41, 5.74) is 0. The van der Waals surface area contributed by atoms with Crippen molar-refractivity contribution >= 4 is 0 Å². The third kappa shape index (κ3) is 1.52. The third-order valence-corrected chi connectivity index (χ3v) is 1.89. The first-order valence-electron chi connectivity index (χ1n) is 3.50. The lowest BCUT2D eigenvalue weighted by atomic mass is 10.1. The van der Waals surface area contributed by atoms with Crippen LogP contribution in [0.15, 0.2) is 0 Å². The second-order valence-electron chi connectivity index (χ2n) is 2.55. The van der Waals surface area contributed by atoms with Crippen molar-refractivity contribution in [3.63, 3.8) is 0 Å². The van der Waals surface area contributed by atoms with E-state index in [2.05, 4.69) is 5.32 Å². The van der Waals surface area contributed by atoms with Crippen LogP contribution in [0, 0.1) is 0 Å². The van der Waals surface area contributed by atoms with Crippen LogP contribution in [0.5, 0.6) is 0 Å². The van der Waals surface area contributed by atoms with Crippen molar-refractivity contribution in [2.45, 2.75) is 24.5 Å². The van der Waals surface area contributed by atoms with Gasteiger partial charge in [-0.1, -0.05) is 0 Å². The maximum absolute atomic E-state index is 9.21. The van der Waals surface area contributed by atoms with Crippen LogP contribution in [-0.4, -0.2) is 53.5 Å². The van der Waals surface area contributed by atoms with Crippen LogP contribution in [0.3, 0.4) is 0 Å². The fourth-order valence-corrected chi connectivity index (χ4v) is 1.25. The van der Waals surface area contributed by atoms with Crippen molar-refractivity contribution < 1.29 is 20.1 Å². The molecule has 1 rings (SSSR count). The number of aliphatic hydroxyl groups excluding tert-OH is 3. The highest BCUT2D eigenvalue weighted by Crippen LogP contribution is 2.18. The minimum atomic E-state index is -1.19. The molecule has 0 aromatic heterocycles. The summed E-state index contributed by atoms with van der Waals surface area (Å²) in [6.07, 6.45) is -2.67. The molecule has 0 aromatic carbocycles. The van der Waals surface area contributed by atoms with E-state index in [9.17, 15) is 5.11 Å². The van der Waals surface area contributed by atoms with Crippen molar-refractivity contribution in [1.82, 2.24) is 5.32 Å². The van der Waals surface area contributed by atoms with E-state index in [-0.39, 0.29) is 6.61 Å². The van der Waals surface area contributed by atoms with Crippen molar-refractivity contribution in [2.24, 2.45) is 0 Å². The van der Waals surface area contributed by atoms with Gasteiger partial charge in [0.1, 0.15) is 12.2 Å². The van der Waals surface area contributed by atoms with E-state index in [1.807, 2.05) is 0 Å². The van der Waals surface area contributed by atoms with Crippen molar-refractivity contribution in [3.05, 3.63) is 0 Å². The lowest BCUT2D eigenvalue weighted by Crippen LogP contribution is -2.44. The van der Waals surface area contributed by atoms with Gasteiger partial charge in [0.15, 0.2) is 6.29 Å². The summed E-state index contributed by atoms with van der Waals surface area (Å²) in [5, 5.41) is 29.7. The highest BCUT2D eigenvalue weighted by atomic mass is 16.6. The fourth-order valence-electron chi connectivity index (χ4n) is 1.25. The number of likely N-dealkylation sites (N-methyl/N-ethyl adjacent to an activating group) is 1. The van der Waals surface area contributed by atoms with E-state index in [1.165, 1.54) is 0 Å². The van der Waals surface area contributed by atoms with Crippen LogP contribution in [-0.2, 0) is 4.74 Å². The molecule has 5 heteroatoms. The molecule has 4 N–H and O–H groups in total. The quantitative estimate of drug-likeness (QED) is 0.366. The maximum Gasteiger partial charge on any atom is 0.182 e. The van der Waals surface area contributed by atoms with E-state index in [0.717, 1.165) is 0 Å². The summed E-state index contributed by atoms with van der Waals surface area (Å²) in [7, 11) is 1.64. The molecule has 0 aliphatic carbocycles. The Morgan fingerprint density at radius 3 is 2.45 bits per heavy atom. The summed E-state index contributed by atoms with van der Waals surface area (Å²) in [5.74, 6) is 0. The fraction of sp³-hybridized carbons (Fsp3) is 1.00. The minimum absolute atomic E-state index is 0.209. The number of rotatable bonds is 2. The average Bonchev–Trinajstić information content (AvgIpc) is 2.28.